The van der Waals surface area contributed by atoms with Crippen LogP contribution in [0.3, 0.4) is 0 Å². The zero-order chi connectivity index (χ0) is 17.9. The van der Waals surface area contributed by atoms with Crippen LogP contribution in [0.4, 0.5) is 0 Å². The Balaban J connectivity index is 1.62. The average Bonchev–Trinajstić information content (AvgIpc) is 3.03. The van der Waals surface area contributed by atoms with Gasteiger partial charge < -0.3 is 16.0 Å². The number of nitrogens with zero attached hydrogens (tertiary/aromatic N) is 1. The summed E-state index contributed by atoms with van der Waals surface area (Å²) < 4.78 is 0. The molecule has 1 amide bonds. The summed E-state index contributed by atoms with van der Waals surface area (Å²) in [6.07, 6.45) is 5.31. The fraction of sp³-hybridized carbons (Fsp3) is 0.684. The van der Waals surface area contributed by atoms with Gasteiger partial charge in [0, 0.05) is 37.0 Å². The van der Waals surface area contributed by atoms with Crippen molar-refractivity contribution in [2.24, 2.45) is 16.8 Å². The van der Waals surface area contributed by atoms with Crippen molar-refractivity contribution in [2.45, 2.75) is 46.0 Å². The summed E-state index contributed by atoms with van der Waals surface area (Å²) in [7, 11) is 0. The van der Waals surface area contributed by atoms with Gasteiger partial charge in [-0.15, -0.1) is 11.3 Å². The van der Waals surface area contributed by atoms with E-state index >= 15 is 0 Å². The quantitative estimate of drug-likeness (QED) is 0.340. The molecule has 0 radical (unpaired) electrons. The normalized spacial score (nSPS) is 16.2. The third kappa shape index (κ3) is 7.46. The topological polar surface area (TPSA) is 65.5 Å². The SMILES string of the molecule is CCNC(=NCC(C)Cc1cccs1)NCCCNC(=O)C1CCC1. The molecular formula is C19H32N4OS. The minimum atomic E-state index is 0.231. The maximum absolute atomic E-state index is 11.8. The van der Waals surface area contributed by atoms with Crippen LogP contribution in [0.15, 0.2) is 22.5 Å². The van der Waals surface area contributed by atoms with Gasteiger partial charge in [0.2, 0.25) is 5.91 Å². The van der Waals surface area contributed by atoms with Crippen LogP contribution >= 0.6 is 11.3 Å². The molecule has 1 fully saturated rings. The van der Waals surface area contributed by atoms with Crippen LogP contribution < -0.4 is 16.0 Å². The van der Waals surface area contributed by atoms with Crippen molar-refractivity contribution < 1.29 is 4.79 Å². The summed E-state index contributed by atoms with van der Waals surface area (Å²) in [6, 6.07) is 4.29. The first-order chi connectivity index (χ1) is 12.2. The van der Waals surface area contributed by atoms with E-state index in [4.69, 9.17) is 0 Å². The molecule has 25 heavy (non-hydrogen) atoms. The van der Waals surface area contributed by atoms with Crippen molar-refractivity contribution >= 4 is 23.2 Å². The van der Waals surface area contributed by atoms with Gasteiger partial charge in [-0.2, -0.15) is 0 Å². The van der Waals surface area contributed by atoms with Gasteiger partial charge >= 0.3 is 0 Å². The highest BCUT2D eigenvalue weighted by Crippen LogP contribution is 2.25. The molecule has 0 bridgehead atoms. The Morgan fingerprint density at radius 3 is 2.76 bits per heavy atom. The van der Waals surface area contributed by atoms with Crippen LogP contribution in [0.5, 0.6) is 0 Å². The second-order valence-corrected chi connectivity index (χ2v) is 7.84. The fourth-order valence-electron chi connectivity index (χ4n) is 2.75. The highest BCUT2D eigenvalue weighted by molar-refractivity contribution is 7.09. The van der Waals surface area contributed by atoms with E-state index in [-0.39, 0.29) is 11.8 Å². The number of rotatable bonds is 10. The number of guanidine groups is 1. The number of hydrogen-bond donors (Lipinski definition) is 3. The summed E-state index contributed by atoms with van der Waals surface area (Å²) in [5.74, 6) is 1.90. The van der Waals surface area contributed by atoms with Crippen molar-refractivity contribution in [1.29, 1.82) is 0 Å². The zero-order valence-corrected chi connectivity index (χ0v) is 16.3. The summed E-state index contributed by atoms with van der Waals surface area (Å²) in [6.45, 7) is 7.52. The van der Waals surface area contributed by atoms with Crippen LogP contribution in [0.25, 0.3) is 0 Å². The van der Waals surface area contributed by atoms with Crippen molar-refractivity contribution in [2.75, 3.05) is 26.2 Å². The number of carbonyl (C=O) groups excluding carboxylic acids is 1. The number of nitrogens with one attached hydrogen (secondary N) is 3. The minimum absolute atomic E-state index is 0.231. The summed E-state index contributed by atoms with van der Waals surface area (Å²) in [5.41, 5.74) is 0. The van der Waals surface area contributed by atoms with E-state index < -0.39 is 0 Å². The van der Waals surface area contributed by atoms with Crippen molar-refractivity contribution in [3.63, 3.8) is 0 Å². The highest BCUT2D eigenvalue weighted by atomic mass is 32.1. The van der Waals surface area contributed by atoms with E-state index in [9.17, 15) is 4.79 Å². The third-order valence-electron chi connectivity index (χ3n) is 4.46. The molecule has 0 aliphatic heterocycles. The van der Waals surface area contributed by atoms with Gasteiger partial charge in [-0.1, -0.05) is 19.4 Å². The molecule has 1 aliphatic rings. The molecule has 6 heteroatoms. The van der Waals surface area contributed by atoms with Gasteiger partial charge in [0.15, 0.2) is 5.96 Å². The van der Waals surface area contributed by atoms with E-state index in [1.807, 2.05) is 11.3 Å². The van der Waals surface area contributed by atoms with Gasteiger partial charge in [0.25, 0.3) is 0 Å². The minimum Gasteiger partial charge on any atom is -0.357 e. The predicted molar refractivity (Wildman–Crippen MR) is 106 cm³/mol. The van der Waals surface area contributed by atoms with Gasteiger partial charge in [0.05, 0.1) is 0 Å². The number of amides is 1. The number of thiophene rings is 1. The first-order valence-electron chi connectivity index (χ1n) is 9.51. The van der Waals surface area contributed by atoms with Gasteiger partial charge in [-0.25, -0.2) is 0 Å². The molecule has 2 rings (SSSR count). The van der Waals surface area contributed by atoms with E-state index in [1.165, 1.54) is 11.3 Å². The van der Waals surface area contributed by atoms with Crippen LogP contribution in [0.1, 0.15) is 44.4 Å². The summed E-state index contributed by atoms with van der Waals surface area (Å²) in [4.78, 5) is 17.9. The van der Waals surface area contributed by atoms with Crippen LogP contribution in [-0.2, 0) is 11.2 Å². The second-order valence-electron chi connectivity index (χ2n) is 6.81. The monoisotopic (exact) mass is 364 g/mol. The lowest BCUT2D eigenvalue weighted by Gasteiger charge is -2.24. The van der Waals surface area contributed by atoms with Crippen LogP contribution in [0.2, 0.25) is 0 Å². The lowest BCUT2D eigenvalue weighted by molar-refractivity contribution is -0.127. The molecule has 1 atom stereocenters. The standard InChI is InChI=1S/C19H32N4OS/c1-3-20-19(23-14-15(2)13-17-9-5-12-25-17)22-11-6-10-21-18(24)16-7-4-8-16/h5,9,12,15-16H,3-4,6-8,10-11,13-14H2,1-2H3,(H,21,24)(H2,20,22,23). The highest BCUT2D eigenvalue weighted by Gasteiger charge is 2.24. The average molecular weight is 365 g/mol. The number of carbonyl (C=O) groups is 1. The first kappa shape index (κ1) is 19.8. The molecule has 0 saturated heterocycles. The molecule has 1 aromatic heterocycles. The zero-order valence-electron chi connectivity index (χ0n) is 15.5. The van der Waals surface area contributed by atoms with Crippen LogP contribution in [-0.4, -0.2) is 38.0 Å². The lowest BCUT2D eigenvalue weighted by atomic mass is 9.85. The largest absolute Gasteiger partial charge is 0.357 e. The van der Waals surface area contributed by atoms with Crippen molar-refractivity contribution in [1.82, 2.24) is 16.0 Å². The first-order valence-corrected chi connectivity index (χ1v) is 10.4. The maximum Gasteiger partial charge on any atom is 0.223 e. The van der Waals surface area contributed by atoms with E-state index in [0.717, 1.165) is 57.8 Å². The summed E-state index contributed by atoms with van der Waals surface area (Å²) >= 11 is 1.81. The number of aliphatic imine (C=N–C) groups is 1. The van der Waals surface area contributed by atoms with Crippen molar-refractivity contribution in [3.8, 4) is 0 Å². The molecular weight excluding hydrogens is 332 g/mol. The molecule has 1 unspecified atom stereocenters. The Morgan fingerprint density at radius 2 is 2.12 bits per heavy atom. The molecule has 140 valence electrons. The Bertz CT molecular complexity index is 526. The van der Waals surface area contributed by atoms with E-state index in [0.29, 0.717) is 5.92 Å². The Hall–Kier alpha value is -1.56. The van der Waals surface area contributed by atoms with E-state index in [1.54, 1.807) is 0 Å². The summed E-state index contributed by atoms with van der Waals surface area (Å²) in [5, 5.41) is 11.8. The third-order valence-corrected chi connectivity index (χ3v) is 5.35. The van der Waals surface area contributed by atoms with Gasteiger partial charge in [-0.3, -0.25) is 9.79 Å². The smallest absolute Gasteiger partial charge is 0.223 e. The maximum atomic E-state index is 11.8. The van der Waals surface area contributed by atoms with Crippen molar-refractivity contribution in [3.05, 3.63) is 22.4 Å². The lowest BCUT2D eigenvalue weighted by Crippen LogP contribution is -2.40. The molecule has 1 aromatic rings. The van der Waals surface area contributed by atoms with Crippen LogP contribution in [0, 0.1) is 11.8 Å². The molecule has 3 N–H and O–H groups in total. The molecule has 1 saturated carbocycles. The van der Waals surface area contributed by atoms with Gasteiger partial charge in [0.1, 0.15) is 0 Å². The number of hydrogen-bond acceptors (Lipinski definition) is 3. The Kier molecular flexibility index (Phi) is 8.80. The fourth-order valence-corrected chi connectivity index (χ4v) is 3.62. The molecule has 0 aromatic carbocycles. The molecule has 1 aliphatic carbocycles. The molecule has 0 spiro atoms. The molecule has 1 heterocycles. The van der Waals surface area contributed by atoms with Gasteiger partial charge in [-0.05, 0) is 50.0 Å². The van der Waals surface area contributed by atoms with E-state index in [2.05, 4.69) is 52.3 Å². The Labute approximate surface area is 155 Å². The molecule has 5 nitrogen and oxygen atoms in total. The predicted octanol–water partition coefficient (Wildman–Crippen LogP) is 2.79. The Morgan fingerprint density at radius 1 is 1.32 bits per heavy atom. The second kappa shape index (κ2) is 11.1.